The molecule has 0 amide bonds. The Balaban J connectivity index is 2.45. The lowest BCUT2D eigenvalue weighted by atomic mass is 9.85. The molecule has 1 aliphatic carbocycles. The number of ether oxygens (including phenoxy) is 2. The molecule has 13 nitrogen and oxygen atoms in total. The zero-order valence-electron chi connectivity index (χ0n) is 38.4. The summed E-state index contributed by atoms with van der Waals surface area (Å²) in [7, 11) is -5.12. The lowest BCUT2D eigenvalue weighted by molar-refractivity contribution is -0.220. The zero-order valence-corrected chi connectivity index (χ0v) is 39.3. The third-order valence-corrected chi connectivity index (χ3v) is 12.2. The first-order valence-corrected chi connectivity index (χ1v) is 25.8. The Kier molecular flexibility index (Phi) is 35.9. The number of carbonyl (C=O) groups is 2. The summed E-state index contributed by atoms with van der Waals surface area (Å²) in [5, 5.41) is 50.2. The van der Waals surface area contributed by atoms with Gasteiger partial charge in [-0.05, 0) is 51.4 Å². The van der Waals surface area contributed by atoms with E-state index in [4.69, 9.17) is 18.5 Å². The number of allylic oxidation sites excluding steroid dienone is 6. The Bertz CT molecular complexity index is 1230. The predicted molar refractivity (Wildman–Crippen MR) is 244 cm³/mol. The minimum absolute atomic E-state index is 0.0947. The van der Waals surface area contributed by atoms with E-state index in [-0.39, 0.29) is 12.8 Å². The van der Waals surface area contributed by atoms with E-state index in [1.54, 1.807) is 0 Å². The Hall–Kier alpha value is -1.93. The Labute approximate surface area is 374 Å². The fraction of sp³-hybridized carbons (Fsp3) is 0.833. The van der Waals surface area contributed by atoms with Crippen LogP contribution in [0.5, 0.6) is 0 Å². The third kappa shape index (κ3) is 30.3. The van der Waals surface area contributed by atoms with Crippen molar-refractivity contribution in [2.24, 2.45) is 0 Å². The maximum absolute atomic E-state index is 12.8. The van der Waals surface area contributed by atoms with Crippen molar-refractivity contribution < 1.29 is 63.1 Å². The van der Waals surface area contributed by atoms with Crippen LogP contribution < -0.4 is 0 Å². The van der Waals surface area contributed by atoms with Crippen molar-refractivity contribution in [3.05, 3.63) is 36.5 Å². The lowest BCUT2D eigenvalue weighted by Gasteiger charge is -2.41. The average Bonchev–Trinajstić information content (AvgIpc) is 3.25. The number of esters is 2. The number of hydrogen-bond donors (Lipinski definition) is 6. The molecule has 1 rings (SSSR count). The molecule has 0 aliphatic heterocycles. The van der Waals surface area contributed by atoms with Crippen molar-refractivity contribution in [1.29, 1.82) is 0 Å². The first kappa shape index (κ1) is 58.1. The van der Waals surface area contributed by atoms with E-state index in [2.05, 4.69) is 50.3 Å². The topological polar surface area (TPSA) is 210 Å². The summed E-state index contributed by atoms with van der Waals surface area (Å²) in [5.74, 6) is -1.12. The first-order chi connectivity index (χ1) is 29.9. The summed E-state index contributed by atoms with van der Waals surface area (Å²) in [6.45, 7) is 3.27. The number of aliphatic hydroxyl groups excluding tert-OH is 5. The van der Waals surface area contributed by atoms with Gasteiger partial charge in [0.15, 0.2) is 6.10 Å². The van der Waals surface area contributed by atoms with Crippen molar-refractivity contribution in [1.82, 2.24) is 0 Å². The van der Waals surface area contributed by atoms with E-state index < -0.39 is 75.7 Å². The van der Waals surface area contributed by atoms with Crippen LogP contribution in [0.2, 0.25) is 0 Å². The number of unbranched alkanes of at least 4 members (excludes halogenated alkanes) is 22. The highest BCUT2D eigenvalue weighted by molar-refractivity contribution is 7.47. The van der Waals surface area contributed by atoms with Crippen LogP contribution in [0.4, 0.5) is 0 Å². The molecule has 1 aliphatic rings. The highest BCUT2D eigenvalue weighted by Crippen LogP contribution is 2.47. The van der Waals surface area contributed by atoms with Crippen LogP contribution in [0.15, 0.2) is 36.5 Å². The SMILES string of the molecule is CCCCC/C=C/C/C=C/C/C=C/CCCCCCC(=O)OC[C@@H](COP(=O)(O)OC1C(O)C(O)C(O)[C@H](O)C1O)OC(=O)CCCCCCCCCCCCCCCCCC. The van der Waals surface area contributed by atoms with Crippen LogP contribution >= 0.6 is 7.82 Å². The lowest BCUT2D eigenvalue weighted by Crippen LogP contribution is -2.64. The normalized spacial score (nSPS) is 22.1. The van der Waals surface area contributed by atoms with E-state index in [9.17, 15) is 44.6 Å². The number of phosphoric acid groups is 1. The van der Waals surface area contributed by atoms with Crippen LogP contribution in [-0.2, 0) is 32.7 Å². The van der Waals surface area contributed by atoms with Crippen LogP contribution in [0, 0.1) is 0 Å². The van der Waals surface area contributed by atoms with Gasteiger partial charge >= 0.3 is 19.8 Å². The van der Waals surface area contributed by atoms with E-state index in [1.165, 1.54) is 89.9 Å². The van der Waals surface area contributed by atoms with Gasteiger partial charge in [-0.2, -0.15) is 0 Å². The maximum atomic E-state index is 12.8. The minimum Gasteiger partial charge on any atom is -0.462 e. The van der Waals surface area contributed by atoms with E-state index >= 15 is 0 Å². The number of carbonyl (C=O) groups excluding carboxylic acids is 2. The van der Waals surface area contributed by atoms with Crippen LogP contribution in [0.3, 0.4) is 0 Å². The fourth-order valence-electron chi connectivity index (χ4n) is 7.29. The second-order valence-electron chi connectivity index (χ2n) is 17.0. The second kappa shape index (κ2) is 38.3. The Morgan fingerprint density at radius 1 is 0.500 bits per heavy atom. The highest BCUT2D eigenvalue weighted by Gasteiger charge is 2.51. The molecule has 1 saturated carbocycles. The summed E-state index contributed by atoms with van der Waals surface area (Å²) in [6.07, 6.45) is 30.5. The fourth-order valence-corrected chi connectivity index (χ4v) is 8.27. The molecule has 1 fully saturated rings. The molecule has 6 unspecified atom stereocenters. The van der Waals surface area contributed by atoms with Gasteiger partial charge in [0, 0.05) is 12.8 Å². The van der Waals surface area contributed by atoms with Crippen molar-refractivity contribution in [3.8, 4) is 0 Å². The molecule has 0 aromatic carbocycles. The molecular weight excluding hydrogens is 815 g/mol. The van der Waals surface area contributed by atoms with Gasteiger partial charge in [0.05, 0.1) is 6.61 Å². The quantitative estimate of drug-likeness (QED) is 0.0147. The van der Waals surface area contributed by atoms with Crippen LogP contribution in [0.1, 0.15) is 200 Å². The van der Waals surface area contributed by atoms with Gasteiger partial charge in [-0.15, -0.1) is 0 Å². The largest absolute Gasteiger partial charge is 0.472 e. The molecule has 0 heterocycles. The van der Waals surface area contributed by atoms with Gasteiger partial charge in [0.25, 0.3) is 0 Å². The smallest absolute Gasteiger partial charge is 0.462 e. The molecular formula is C48H87O13P. The van der Waals surface area contributed by atoms with Crippen molar-refractivity contribution in [3.63, 3.8) is 0 Å². The van der Waals surface area contributed by atoms with Gasteiger partial charge in [-0.3, -0.25) is 18.6 Å². The Morgan fingerprint density at radius 2 is 0.871 bits per heavy atom. The summed E-state index contributed by atoms with van der Waals surface area (Å²) < 4.78 is 33.6. The molecule has 0 saturated heterocycles. The van der Waals surface area contributed by atoms with Crippen LogP contribution in [0.25, 0.3) is 0 Å². The van der Waals surface area contributed by atoms with Crippen molar-refractivity contribution >= 4 is 19.8 Å². The monoisotopic (exact) mass is 903 g/mol. The minimum atomic E-state index is -5.12. The Morgan fingerprint density at radius 3 is 1.35 bits per heavy atom. The molecule has 0 aromatic heterocycles. The molecule has 0 radical (unpaired) electrons. The molecule has 62 heavy (non-hydrogen) atoms. The molecule has 0 aromatic rings. The maximum Gasteiger partial charge on any atom is 0.472 e. The van der Waals surface area contributed by atoms with Gasteiger partial charge in [0.1, 0.15) is 43.2 Å². The summed E-state index contributed by atoms with van der Waals surface area (Å²) >= 11 is 0. The van der Waals surface area contributed by atoms with Crippen LogP contribution in [-0.4, -0.2) is 98.3 Å². The standard InChI is InChI=1S/C48H87O13P/c1-3-5-7-9-11-13-15-17-19-21-23-24-26-28-30-32-34-36-41(49)58-38-40(39-59-62(56,57)61-48-46(54)44(52)43(51)45(53)47(48)55)60-42(50)37-35-33-31-29-27-25-22-20-18-16-14-12-10-8-6-4-2/h11,13,17,19,23-24,40,43-48,51-55H,3-10,12,14-16,18,20-22,25-39H2,1-2H3,(H,56,57)/b13-11+,19-17+,24-23+/t40-,43?,44-,45?,46?,47?,48?/m0/s1. The van der Waals surface area contributed by atoms with Gasteiger partial charge in [0.2, 0.25) is 0 Å². The number of rotatable bonds is 40. The van der Waals surface area contributed by atoms with Crippen molar-refractivity contribution in [2.75, 3.05) is 13.2 Å². The van der Waals surface area contributed by atoms with E-state index in [0.29, 0.717) is 12.8 Å². The van der Waals surface area contributed by atoms with Gasteiger partial charge in [-0.1, -0.05) is 172 Å². The predicted octanol–water partition coefficient (Wildman–Crippen LogP) is 9.78. The summed E-state index contributed by atoms with van der Waals surface area (Å²) in [5.41, 5.74) is 0. The molecule has 362 valence electrons. The second-order valence-corrected chi connectivity index (χ2v) is 18.4. The van der Waals surface area contributed by atoms with E-state index in [1.807, 2.05) is 0 Å². The molecule has 0 spiro atoms. The van der Waals surface area contributed by atoms with Gasteiger partial charge in [-0.25, -0.2) is 4.57 Å². The highest BCUT2D eigenvalue weighted by atomic mass is 31.2. The molecule has 0 bridgehead atoms. The molecule has 8 atom stereocenters. The van der Waals surface area contributed by atoms with Gasteiger partial charge < -0.3 is 39.9 Å². The average molecular weight is 903 g/mol. The summed E-state index contributed by atoms with van der Waals surface area (Å²) in [4.78, 5) is 35.7. The number of hydrogen-bond acceptors (Lipinski definition) is 12. The van der Waals surface area contributed by atoms with Crippen molar-refractivity contribution in [2.45, 2.75) is 243 Å². The molecule has 6 N–H and O–H groups in total. The molecule has 14 heteroatoms. The first-order valence-electron chi connectivity index (χ1n) is 24.3. The summed E-state index contributed by atoms with van der Waals surface area (Å²) in [6, 6.07) is 0. The third-order valence-electron chi connectivity index (χ3n) is 11.2. The van der Waals surface area contributed by atoms with E-state index in [0.717, 1.165) is 70.6 Å². The number of aliphatic hydroxyl groups is 5. The zero-order chi connectivity index (χ0) is 45.7. The number of phosphoric ester groups is 1.